The molecule has 0 radical (unpaired) electrons. The summed E-state index contributed by atoms with van der Waals surface area (Å²) in [6.07, 6.45) is 2.44. The van der Waals surface area contributed by atoms with Crippen molar-refractivity contribution in [1.82, 2.24) is 4.98 Å². The van der Waals surface area contributed by atoms with E-state index in [9.17, 15) is 9.59 Å². The van der Waals surface area contributed by atoms with Crippen LogP contribution in [0.2, 0.25) is 0 Å². The molecule has 1 saturated heterocycles. The van der Waals surface area contributed by atoms with Crippen molar-refractivity contribution in [2.75, 3.05) is 35.7 Å². The first-order chi connectivity index (χ1) is 14.6. The lowest BCUT2D eigenvalue weighted by molar-refractivity contribution is 0.101. The summed E-state index contributed by atoms with van der Waals surface area (Å²) in [6, 6.07) is 14.6. The second-order valence-electron chi connectivity index (χ2n) is 6.92. The van der Waals surface area contributed by atoms with Crippen LogP contribution in [0.25, 0.3) is 0 Å². The molecule has 3 aromatic rings. The van der Waals surface area contributed by atoms with Gasteiger partial charge in [-0.2, -0.15) is 0 Å². The fourth-order valence-corrected chi connectivity index (χ4v) is 3.96. The largest absolute Gasteiger partial charge is 0.497 e. The van der Waals surface area contributed by atoms with Crippen LogP contribution in [0.15, 0.2) is 53.9 Å². The zero-order valence-corrected chi connectivity index (χ0v) is 17.4. The number of thiazole rings is 1. The van der Waals surface area contributed by atoms with Crippen LogP contribution in [0.5, 0.6) is 5.75 Å². The molecule has 0 spiro atoms. The predicted octanol–water partition coefficient (Wildman–Crippen LogP) is 4.26. The second-order valence-corrected chi connectivity index (χ2v) is 7.77. The van der Waals surface area contributed by atoms with Gasteiger partial charge in [0.1, 0.15) is 11.4 Å². The molecule has 2 N–H and O–H groups in total. The first-order valence-corrected chi connectivity index (χ1v) is 10.6. The quantitative estimate of drug-likeness (QED) is 0.620. The number of amides is 2. The highest BCUT2D eigenvalue weighted by molar-refractivity contribution is 7.14. The molecule has 0 saturated carbocycles. The van der Waals surface area contributed by atoms with E-state index in [1.165, 1.54) is 29.9 Å². The maximum absolute atomic E-state index is 12.5. The zero-order chi connectivity index (χ0) is 20.9. The van der Waals surface area contributed by atoms with Crippen molar-refractivity contribution >= 4 is 39.7 Å². The molecule has 154 valence electrons. The van der Waals surface area contributed by atoms with E-state index in [2.05, 4.69) is 20.5 Å². The number of hydrogen-bond donors (Lipinski definition) is 2. The van der Waals surface area contributed by atoms with E-state index in [1.807, 2.05) is 24.3 Å². The van der Waals surface area contributed by atoms with E-state index in [1.54, 1.807) is 36.8 Å². The average Bonchev–Trinajstić information content (AvgIpc) is 3.47. The number of rotatable bonds is 6. The predicted molar refractivity (Wildman–Crippen MR) is 119 cm³/mol. The second kappa shape index (κ2) is 8.96. The Kier molecular flexibility index (Phi) is 5.94. The van der Waals surface area contributed by atoms with E-state index in [0.29, 0.717) is 22.1 Å². The number of nitrogens with zero attached hydrogens (tertiary/aromatic N) is 2. The van der Waals surface area contributed by atoms with Crippen molar-refractivity contribution < 1.29 is 14.3 Å². The van der Waals surface area contributed by atoms with Gasteiger partial charge in [-0.15, -0.1) is 11.3 Å². The van der Waals surface area contributed by atoms with Crippen molar-refractivity contribution in [3.63, 3.8) is 0 Å². The Morgan fingerprint density at radius 3 is 2.33 bits per heavy atom. The number of carbonyl (C=O) groups is 2. The molecule has 0 atom stereocenters. The number of aromatic nitrogens is 1. The summed E-state index contributed by atoms with van der Waals surface area (Å²) in [5, 5.41) is 7.55. The maximum atomic E-state index is 12.5. The molecule has 1 fully saturated rings. The van der Waals surface area contributed by atoms with Crippen LogP contribution in [-0.2, 0) is 0 Å². The highest BCUT2D eigenvalue weighted by atomic mass is 32.1. The molecule has 1 aromatic heterocycles. The van der Waals surface area contributed by atoms with Crippen LogP contribution in [0.1, 0.15) is 33.7 Å². The number of hydrogen-bond acceptors (Lipinski definition) is 6. The van der Waals surface area contributed by atoms with Crippen LogP contribution in [0.3, 0.4) is 0 Å². The Morgan fingerprint density at radius 1 is 0.967 bits per heavy atom. The van der Waals surface area contributed by atoms with Gasteiger partial charge in [-0.3, -0.25) is 14.9 Å². The van der Waals surface area contributed by atoms with Crippen molar-refractivity contribution in [3.8, 4) is 5.75 Å². The van der Waals surface area contributed by atoms with Crippen LogP contribution in [0, 0.1) is 0 Å². The van der Waals surface area contributed by atoms with E-state index < -0.39 is 0 Å². The summed E-state index contributed by atoms with van der Waals surface area (Å²) in [5.41, 5.74) is 2.62. The van der Waals surface area contributed by atoms with Crippen molar-refractivity contribution in [2.24, 2.45) is 0 Å². The smallest absolute Gasteiger partial charge is 0.275 e. The molecule has 2 heterocycles. The Hall–Kier alpha value is -3.39. The van der Waals surface area contributed by atoms with Crippen LogP contribution >= 0.6 is 11.3 Å². The highest BCUT2D eigenvalue weighted by Crippen LogP contribution is 2.23. The number of ether oxygens (including phenoxy) is 1. The van der Waals surface area contributed by atoms with Crippen molar-refractivity contribution in [3.05, 3.63) is 65.2 Å². The van der Waals surface area contributed by atoms with Crippen LogP contribution in [-0.4, -0.2) is 37.0 Å². The normalized spacial score (nSPS) is 13.2. The molecule has 1 aliphatic rings. The van der Waals surface area contributed by atoms with Gasteiger partial charge >= 0.3 is 0 Å². The van der Waals surface area contributed by atoms with Gasteiger partial charge in [0.05, 0.1) is 7.11 Å². The van der Waals surface area contributed by atoms with E-state index >= 15 is 0 Å². The lowest BCUT2D eigenvalue weighted by Crippen LogP contribution is -2.17. The van der Waals surface area contributed by atoms with Crippen molar-refractivity contribution in [1.29, 1.82) is 0 Å². The number of methoxy groups -OCH3 is 1. The molecule has 2 amide bonds. The zero-order valence-electron chi connectivity index (χ0n) is 16.6. The highest BCUT2D eigenvalue weighted by Gasteiger charge is 2.15. The first-order valence-electron chi connectivity index (χ1n) is 9.70. The molecule has 30 heavy (non-hydrogen) atoms. The minimum Gasteiger partial charge on any atom is -0.497 e. The molecule has 0 bridgehead atoms. The summed E-state index contributed by atoms with van der Waals surface area (Å²) >= 11 is 1.20. The Balaban J connectivity index is 1.35. The molecular formula is C22H22N4O3S. The monoisotopic (exact) mass is 422 g/mol. The molecule has 0 aliphatic carbocycles. The van der Waals surface area contributed by atoms with Gasteiger partial charge in [-0.1, -0.05) is 0 Å². The Bertz CT molecular complexity index is 1030. The lowest BCUT2D eigenvalue weighted by Gasteiger charge is -2.17. The summed E-state index contributed by atoms with van der Waals surface area (Å²) in [5.74, 6) is 0.0646. The number of nitrogens with one attached hydrogen (secondary N) is 2. The summed E-state index contributed by atoms with van der Waals surface area (Å²) in [4.78, 5) is 31.4. The minimum atomic E-state index is -0.315. The maximum Gasteiger partial charge on any atom is 0.275 e. The van der Waals surface area contributed by atoms with E-state index in [0.717, 1.165) is 13.1 Å². The summed E-state index contributed by atoms with van der Waals surface area (Å²) in [6.45, 7) is 2.16. The standard InChI is InChI=1S/C22H22N4O3S/c1-29-18-10-4-15(5-11-18)20(27)25-22-24-19(14-30-22)21(28)23-16-6-8-17(9-7-16)26-12-2-3-13-26/h4-11,14H,2-3,12-13H2,1H3,(H,23,28)(H,24,25,27). The minimum absolute atomic E-state index is 0.258. The molecule has 7 nitrogen and oxygen atoms in total. The van der Waals surface area contributed by atoms with Gasteiger partial charge in [0.25, 0.3) is 11.8 Å². The summed E-state index contributed by atoms with van der Waals surface area (Å²) < 4.78 is 5.09. The van der Waals surface area contributed by atoms with Crippen molar-refractivity contribution in [2.45, 2.75) is 12.8 Å². The van der Waals surface area contributed by atoms with Gasteiger partial charge in [-0.05, 0) is 61.4 Å². The number of benzene rings is 2. The van der Waals surface area contributed by atoms with E-state index in [4.69, 9.17) is 4.74 Å². The number of anilines is 3. The third kappa shape index (κ3) is 4.60. The molecule has 0 unspecified atom stereocenters. The Labute approximate surface area is 178 Å². The molecule has 8 heteroatoms. The molecule has 1 aliphatic heterocycles. The topological polar surface area (TPSA) is 83.6 Å². The van der Waals surface area contributed by atoms with Gasteiger partial charge in [0.15, 0.2) is 5.13 Å². The summed E-state index contributed by atoms with van der Waals surface area (Å²) in [7, 11) is 1.57. The van der Waals surface area contributed by atoms with Crippen LogP contribution in [0.4, 0.5) is 16.5 Å². The van der Waals surface area contributed by atoms with Gasteiger partial charge in [0.2, 0.25) is 0 Å². The van der Waals surface area contributed by atoms with Crippen LogP contribution < -0.4 is 20.3 Å². The average molecular weight is 423 g/mol. The van der Waals surface area contributed by atoms with Gasteiger partial charge < -0.3 is 15.0 Å². The number of carbonyl (C=O) groups excluding carboxylic acids is 2. The molecule has 2 aromatic carbocycles. The lowest BCUT2D eigenvalue weighted by atomic mass is 10.2. The first kappa shape index (κ1) is 19.9. The fourth-order valence-electron chi connectivity index (χ4n) is 3.27. The third-order valence-electron chi connectivity index (χ3n) is 4.91. The molecule has 4 rings (SSSR count). The fraction of sp³-hybridized carbons (Fsp3) is 0.227. The third-order valence-corrected chi connectivity index (χ3v) is 5.66. The van der Waals surface area contributed by atoms with Gasteiger partial charge in [0, 0.05) is 35.4 Å². The SMILES string of the molecule is COc1ccc(C(=O)Nc2nc(C(=O)Nc3ccc(N4CCCC4)cc3)cs2)cc1. The van der Waals surface area contributed by atoms with Gasteiger partial charge in [-0.25, -0.2) is 4.98 Å². The molecular weight excluding hydrogens is 400 g/mol. The Morgan fingerprint density at radius 2 is 1.67 bits per heavy atom. The van der Waals surface area contributed by atoms with E-state index in [-0.39, 0.29) is 17.5 Å².